The molecule has 0 spiro atoms. The summed E-state index contributed by atoms with van der Waals surface area (Å²) in [5.74, 6) is 0.752. The van der Waals surface area contributed by atoms with Crippen LogP contribution in [-0.2, 0) is 16.1 Å². The molecule has 3 nitrogen and oxygen atoms in total. The highest BCUT2D eigenvalue weighted by Crippen LogP contribution is 2.61. The van der Waals surface area contributed by atoms with Gasteiger partial charge in [-0.1, -0.05) is 60.7 Å². The topological polar surface area (TPSA) is 30.8 Å². The van der Waals surface area contributed by atoms with Crippen LogP contribution in [0.1, 0.15) is 23.6 Å². The average molecular weight is 345 g/mol. The molecule has 2 aliphatic heterocycles. The van der Waals surface area contributed by atoms with Crippen molar-refractivity contribution in [1.29, 1.82) is 0 Å². The molecule has 128 valence electrons. The summed E-state index contributed by atoms with van der Waals surface area (Å²) in [4.78, 5) is 4.79. The molecular formula is C22H16FNO2. The maximum absolute atomic E-state index is 14.2. The molecule has 0 unspecified atom stereocenters. The second-order valence-corrected chi connectivity index (χ2v) is 6.53. The predicted octanol–water partition coefficient (Wildman–Crippen LogP) is 4.76. The Morgan fingerprint density at radius 3 is 2.15 bits per heavy atom. The number of aliphatic imine (C=N–C) groups is 1. The fraction of sp³-hybridized carbons (Fsp3) is 0.136. The molecule has 0 N–H and O–H groups in total. The van der Waals surface area contributed by atoms with Gasteiger partial charge in [0.1, 0.15) is 11.6 Å². The van der Waals surface area contributed by atoms with E-state index in [1.54, 1.807) is 13.0 Å². The van der Waals surface area contributed by atoms with Crippen molar-refractivity contribution in [2.45, 2.75) is 18.2 Å². The van der Waals surface area contributed by atoms with Gasteiger partial charge in [-0.05, 0) is 18.2 Å². The molecule has 0 fully saturated rings. The van der Waals surface area contributed by atoms with Gasteiger partial charge in [0.2, 0.25) is 5.60 Å². The van der Waals surface area contributed by atoms with Gasteiger partial charge in [-0.15, -0.1) is 0 Å². The van der Waals surface area contributed by atoms with Crippen molar-refractivity contribution >= 4 is 5.90 Å². The third kappa shape index (κ3) is 1.79. The summed E-state index contributed by atoms with van der Waals surface area (Å²) < 4.78 is 26.9. The maximum atomic E-state index is 14.2. The number of fused-ring (bicyclic) bond motifs is 3. The molecule has 0 radical (unpaired) electrons. The van der Waals surface area contributed by atoms with Crippen molar-refractivity contribution in [2.75, 3.05) is 0 Å². The van der Waals surface area contributed by atoms with Crippen LogP contribution in [0.5, 0.6) is 5.75 Å². The van der Waals surface area contributed by atoms with Gasteiger partial charge in [0.15, 0.2) is 5.90 Å². The summed E-state index contributed by atoms with van der Waals surface area (Å²) in [6.07, 6.45) is 0. The van der Waals surface area contributed by atoms with Crippen LogP contribution >= 0.6 is 0 Å². The Balaban J connectivity index is 1.88. The molecule has 0 saturated carbocycles. The molecule has 0 saturated heterocycles. The third-order valence-corrected chi connectivity index (χ3v) is 5.02. The summed E-state index contributed by atoms with van der Waals surface area (Å²) >= 11 is 0. The van der Waals surface area contributed by atoms with Crippen LogP contribution in [0.15, 0.2) is 83.9 Å². The Labute approximate surface area is 150 Å². The van der Waals surface area contributed by atoms with E-state index in [4.69, 9.17) is 14.5 Å². The minimum Gasteiger partial charge on any atom is -0.458 e. The van der Waals surface area contributed by atoms with E-state index in [2.05, 4.69) is 0 Å². The van der Waals surface area contributed by atoms with Crippen molar-refractivity contribution < 1.29 is 13.9 Å². The van der Waals surface area contributed by atoms with Crippen molar-refractivity contribution in [3.05, 3.63) is 101 Å². The van der Waals surface area contributed by atoms with E-state index >= 15 is 0 Å². The van der Waals surface area contributed by atoms with Gasteiger partial charge in [0, 0.05) is 18.1 Å². The van der Waals surface area contributed by atoms with Gasteiger partial charge in [-0.3, -0.25) is 0 Å². The SMILES string of the molecule is CC1=N[C@]2(c3ccccc3)Oc3ccc(F)cc3[C@]2(c2ccccc2)O1. The molecule has 2 heterocycles. The van der Waals surface area contributed by atoms with E-state index in [1.165, 1.54) is 12.1 Å². The molecule has 0 aliphatic carbocycles. The van der Waals surface area contributed by atoms with E-state index in [0.29, 0.717) is 17.2 Å². The fourth-order valence-corrected chi connectivity index (χ4v) is 4.05. The molecule has 3 aromatic rings. The highest BCUT2D eigenvalue weighted by atomic mass is 19.1. The number of hydrogen-bond donors (Lipinski definition) is 0. The lowest BCUT2D eigenvalue weighted by molar-refractivity contribution is -0.0490. The highest BCUT2D eigenvalue weighted by Gasteiger charge is 2.68. The third-order valence-electron chi connectivity index (χ3n) is 5.02. The van der Waals surface area contributed by atoms with Gasteiger partial charge in [-0.25, -0.2) is 9.38 Å². The molecule has 3 aromatic carbocycles. The average Bonchev–Trinajstić information content (AvgIpc) is 3.12. The normalized spacial score (nSPS) is 25.7. The minimum absolute atomic E-state index is 0.334. The minimum atomic E-state index is -1.13. The van der Waals surface area contributed by atoms with Crippen LogP contribution in [0, 0.1) is 5.82 Å². The van der Waals surface area contributed by atoms with Gasteiger partial charge in [0.25, 0.3) is 5.72 Å². The molecular weight excluding hydrogens is 329 g/mol. The summed E-state index contributed by atoms with van der Waals surface area (Å²) in [7, 11) is 0. The Kier molecular flexibility index (Phi) is 3.02. The molecule has 5 rings (SSSR count). The van der Waals surface area contributed by atoms with Crippen molar-refractivity contribution in [3.63, 3.8) is 0 Å². The van der Waals surface area contributed by atoms with E-state index in [9.17, 15) is 4.39 Å². The van der Waals surface area contributed by atoms with Gasteiger partial charge in [0.05, 0.1) is 5.56 Å². The number of ether oxygens (including phenoxy) is 2. The smallest absolute Gasteiger partial charge is 0.277 e. The van der Waals surface area contributed by atoms with E-state index in [1.807, 2.05) is 60.7 Å². The Morgan fingerprint density at radius 2 is 1.46 bits per heavy atom. The lowest BCUT2D eigenvalue weighted by Crippen LogP contribution is -2.46. The Hall–Kier alpha value is -3.14. The second kappa shape index (κ2) is 5.18. The van der Waals surface area contributed by atoms with E-state index in [0.717, 1.165) is 11.1 Å². The first-order valence-corrected chi connectivity index (χ1v) is 8.51. The van der Waals surface area contributed by atoms with Crippen molar-refractivity contribution in [2.24, 2.45) is 4.99 Å². The standard InChI is InChI=1S/C22H16FNO2/c1-15-24-22(17-10-6-3-7-11-17)21(25-15,16-8-4-2-5-9-16)19-14-18(23)12-13-20(19)26-22/h2-14H,1H3/t21-,22+/m0/s1. The first-order chi connectivity index (χ1) is 12.7. The first-order valence-electron chi connectivity index (χ1n) is 8.51. The molecule has 0 aromatic heterocycles. The van der Waals surface area contributed by atoms with Crippen molar-refractivity contribution in [1.82, 2.24) is 0 Å². The molecule has 4 heteroatoms. The predicted molar refractivity (Wildman–Crippen MR) is 96.6 cm³/mol. The number of nitrogens with zero attached hydrogens (tertiary/aromatic N) is 1. The number of rotatable bonds is 2. The number of benzene rings is 3. The van der Waals surface area contributed by atoms with Gasteiger partial charge >= 0.3 is 0 Å². The maximum Gasteiger partial charge on any atom is 0.277 e. The van der Waals surface area contributed by atoms with Crippen molar-refractivity contribution in [3.8, 4) is 5.75 Å². The monoisotopic (exact) mass is 345 g/mol. The fourth-order valence-electron chi connectivity index (χ4n) is 4.05. The summed E-state index contributed by atoms with van der Waals surface area (Å²) in [6, 6.07) is 24.0. The van der Waals surface area contributed by atoms with Crippen LogP contribution in [0.4, 0.5) is 4.39 Å². The zero-order chi connectivity index (χ0) is 17.8. The molecule has 2 aliphatic rings. The summed E-state index contributed by atoms with van der Waals surface area (Å²) in [5.41, 5.74) is 0.173. The summed E-state index contributed by atoms with van der Waals surface area (Å²) in [5, 5.41) is 0. The lowest BCUT2D eigenvalue weighted by atomic mass is 9.76. The zero-order valence-electron chi connectivity index (χ0n) is 14.1. The Bertz CT molecular complexity index is 1020. The second-order valence-electron chi connectivity index (χ2n) is 6.53. The van der Waals surface area contributed by atoms with E-state index < -0.39 is 11.3 Å². The molecule has 0 amide bonds. The van der Waals surface area contributed by atoms with Crippen LogP contribution in [0.2, 0.25) is 0 Å². The van der Waals surface area contributed by atoms with E-state index in [-0.39, 0.29) is 5.82 Å². The first kappa shape index (κ1) is 15.1. The van der Waals surface area contributed by atoms with Gasteiger partial charge in [-0.2, -0.15) is 0 Å². The molecule has 0 bridgehead atoms. The van der Waals surface area contributed by atoms with Crippen LogP contribution in [0.25, 0.3) is 0 Å². The molecule has 2 atom stereocenters. The van der Waals surface area contributed by atoms with Gasteiger partial charge < -0.3 is 9.47 Å². The van der Waals surface area contributed by atoms with Crippen LogP contribution in [-0.4, -0.2) is 5.90 Å². The zero-order valence-corrected chi connectivity index (χ0v) is 14.1. The molecule has 26 heavy (non-hydrogen) atoms. The quantitative estimate of drug-likeness (QED) is 0.670. The van der Waals surface area contributed by atoms with Crippen LogP contribution in [0.3, 0.4) is 0 Å². The number of halogens is 1. The lowest BCUT2D eigenvalue weighted by Gasteiger charge is -2.36. The largest absolute Gasteiger partial charge is 0.458 e. The summed E-state index contributed by atoms with van der Waals surface area (Å²) in [6.45, 7) is 1.80. The number of hydrogen-bond acceptors (Lipinski definition) is 3. The Morgan fingerprint density at radius 1 is 0.808 bits per heavy atom. The highest BCUT2D eigenvalue weighted by molar-refractivity contribution is 5.79. The van der Waals surface area contributed by atoms with Crippen LogP contribution < -0.4 is 4.74 Å².